The summed E-state index contributed by atoms with van der Waals surface area (Å²) in [5.74, 6) is 1.28. The van der Waals surface area contributed by atoms with Crippen molar-refractivity contribution >= 4 is 17.2 Å². The van der Waals surface area contributed by atoms with E-state index in [0.717, 1.165) is 52.3 Å². The Labute approximate surface area is 195 Å². The largest absolute Gasteiger partial charge is 0.508 e. The second kappa shape index (κ2) is 9.67. The summed E-state index contributed by atoms with van der Waals surface area (Å²) in [4.78, 5) is 14.5. The third-order valence-electron chi connectivity index (χ3n) is 6.60. The molecule has 1 fully saturated rings. The number of phenols is 1. The molecule has 3 aromatic rings. The fraction of sp³-hybridized carbons (Fsp3) is 0.321. The molecule has 0 atom stereocenters. The van der Waals surface area contributed by atoms with Gasteiger partial charge in [0.1, 0.15) is 18.1 Å². The van der Waals surface area contributed by atoms with Crippen LogP contribution >= 0.6 is 0 Å². The summed E-state index contributed by atoms with van der Waals surface area (Å²) in [5, 5.41) is 13.5. The maximum absolute atomic E-state index is 12.0. The van der Waals surface area contributed by atoms with Gasteiger partial charge in [-0.3, -0.25) is 9.69 Å². The predicted molar refractivity (Wildman–Crippen MR) is 132 cm³/mol. The normalized spacial score (nSPS) is 15.9. The lowest BCUT2D eigenvalue weighted by Crippen LogP contribution is -2.33. The van der Waals surface area contributed by atoms with E-state index in [9.17, 15) is 9.90 Å². The number of nitrogens with zero attached hydrogens (tertiary/aromatic N) is 1. The summed E-state index contributed by atoms with van der Waals surface area (Å²) in [6.07, 6.45) is 5.31. The molecule has 1 heterocycles. The van der Waals surface area contributed by atoms with E-state index in [1.165, 1.54) is 32.4 Å². The second-order valence-corrected chi connectivity index (χ2v) is 8.93. The minimum atomic E-state index is 0.204. The number of fused-ring (bicyclic) bond motifs is 1. The molecule has 5 heteroatoms. The van der Waals surface area contributed by atoms with Crippen molar-refractivity contribution < 1.29 is 14.6 Å². The Morgan fingerprint density at radius 3 is 2.48 bits per heavy atom. The average molecular weight is 443 g/mol. The van der Waals surface area contributed by atoms with Gasteiger partial charge in [0.2, 0.25) is 0 Å². The van der Waals surface area contributed by atoms with Crippen molar-refractivity contribution in [2.75, 3.05) is 31.6 Å². The standard InChI is InChI=1S/C28H30N2O3/c31-23-8-12-25(20-4-11-26-21(18-20)5-13-28(26)32)27(19-23)29-22-6-9-24(10-7-22)33-17-16-30-14-2-1-3-15-30/h4,6-12,18-19,29,31H,1-3,5,13-17H2. The molecule has 0 radical (unpaired) electrons. The van der Waals surface area contributed by atoms with Crippen molar-refractivity contribution in [3.63, 3.8) is 0 Å². The van der Waals surface area contributed by atoms with E-state index in [2.05, 4.69) is 16.3 Å². The fourth-order valence-electron chi connectivity index (χ4n) is 4.78. The van der Waals surface area contributed by atoms with Gasteiger partial charge < -0.3 is 15.2 Å². The molecule has 0 amide bonds. The quantitative estimate of drug-likeness (QED) is 0.484. The number of benzene rings is 3. The van der Waals surface area contributed by atoms with Gasteiger partial charge in [0.15, 0.2) is 5.78 Å². The number of piperidine rings is 1. The van der Waals surface area contributed by atoms with Crippen LogP contribution in [0.25, 0.3) is 11.1 Å². The smallest absolute Gasteiger partial charge is 0.163 e. The van der Waals surface area contributed by atoms with Gasteiger partial charge >= 0.3 is 0 Å². The first-order chi connectivity index (χ1) is 16.2. The molecular weight excluding hydrogens is 412 g/mol. The summed E-state index contributed by atoms with van der Waals surface area (Å²) in [5.41, 5.74) is 5.69. The topological polar surface area (TPSA) is 61.8 Å². The van der Waals surface area contributed by atoms with Gasteiger partial charge in [-0.05, 0) is 79.9 Å². The van der Waals surface area contributed by atoms with Crippen molar-refractivity contribution in [2.24, 2.45) is 0 Å². The van der Waals surface area contributed by atoms with E-state index in [-0.39, 0.29) is 11.5 Å². The van der Waals surface area contributed by atoms with Gasteiger partial charge in [0.25, 0.3) is 0 Å². The maximum Gasteiger partial charge on any atom is 0.163 e. The summed E-state index contributed by atoms with van der Waals surface area (Å²) in [6.45, 7) is 4.03. The Hall–Kier alpha value is -3.31. The molecule has 0 saturated carbocycles. The molecule has 1 aliphatic heterocycles. The highest BCUT2D eigenvalue weighted by molar-refractivity contribution is 6.01. The number of Topliss-reactive ketones (excluding diaryl/α,β-unsaturated/α-hetero) is 1. The van der Waals surface area contributed by atoms with Gasteiger partial charge in [-0.15, -0.1) is 0 Å². The number of likely N-dealkylation sites (tertiary alicyclic amines) is 1. The molecule has 0 spiro atoms. The van der Waals surface area contributed by atoms with E-state index < -0.39 is 0 Å². The number of hydrogen-bond donors (Lipinski definition) is 2. The molecule has 3 aromatic carbocycles. The molecular formula is C28H30N2O3. The van der Waals surface area contributed by atoms with Crippen LogP contribution in [-0.2, 0) is 6.42 Å². The number of rotatable bonds is 7. The zero-order chi connectivity index (χ0) is 22.6. The number of hydrogen-bond acceptors (Lipinski definition) is 5. The van der Waals surface area contributed by atoms with Crippen molar-refractivity contribution in [1.29, 1.82) is 0 Å². The first-order valence-corrected chi connectivity index (χ1v) is 11.9. The first kappa shape index (κ1) is 21.5. The number of aryl methyl sites for hydroxylation is 1. The number of ether oxygens (including phenoxy) is 1. The number of nitrogens with one attached hydrogen (secondary N) is 1. The molecule has 1 aliphatic carbocycles. The van der Waals surface area contributed by atoms with Crippen LogP contribution in [0.5, 0.6) is 11.5 Å². The van der Waals surface area contributed by atoms with E-state index in [0.29, 0.717) is 13.0 Å². The minimum absolute atomic E-state index is 0.204. The third-order valence-corrected chi connectivity index (χ3v) is 6.60. The van der Waals surface area contributed by atoms with Crippen LogP contribution < -0.4 is 10.1 Å². The number of carbonyl (C=O) groups excluding carboxylic acids is 1. The first-order valence-electron chi connectivity index (χ1n) is 11.9. The third kappa shape index (κ3) is 5.04. The van der Waals surface area contributed by atoms with E-state index >= 15 is 0 Å². The van der Waals surface area contributed by atoms with Crippen LogP contribution in [0.1, 0.15) is 41.6 Å². The molecule has 2 aliphatic rings. The Balaban J connectivity index is 1.27. The van der Waals surface area contributed by atoms with Gasteiger partial charge in [0, 0.05) is 35.8 Å². The van der Waals surface area contributed by atoms with Crippen molar-refractivity contribution in [1.82, 2.24) is 4.90 Å². The lowest BCUT2D eigenvalue weighted by molar-refractivity contribution is 0.0994. The van der Waals surface area contributed by atoms with Gasteiger partial charge in [-0.2, -0.15) is 0 Å². The van der Waals surface area contributed by atoms with Gasteiger partial charge in [-0.1, -0.05) is 24.6 Å². The van der Waals surface area contributed by atoms with Crippen molar-refractivity contribution in [3.05, 3.63) is 71.8 Å². The van der Waals surface area contributed by atoms with Crippen LogP contribution in [-0.4, -0.2) is 42.0 Å². The minimum Gasteiger partial charge on any atom is -0.508 e. The van der Waals surface area contributed by atoms with Crippen molar-refractivity contribution in [2.45, 2.75) is 32.1 Å². The Morgan fingerprint density at radius 2 is 1.67 bits per heavy atom. The number of phenolic OH excluding ortho intramolecular Hbond substituents is 1. The highest BCUT2D eigenvalue weighted by atomic mass is 16.5. The van der Waals surface area contributed by atoms with Crippen LogP contribution in [0.15, 0.2) is 60.7 Å². The van der Waals surface area contributed by atoms with Crippen molar-refractivity contribution in [3.8, 4) is 22.6 Å². The monoisotopic (exact) mass is 442 g/mol. The SMILES string of the molecule is O=C1CCc2cc(-c3ccc(O)cc3Nc3ccc(OCCN4CCCCC4)cc3)ccc21. The van der Waals surface area contributed by atoms with E-state index in [4.69, 9.17) is 4.74 Å². The van der Waals surface area contributed by atoms with Crippen LogP contribution in [0.4, 0.5) is 11.4 Å². The average Bonchev–Trinajstić information content (AvgIpc) is 3.21. The second-order valence-electron chi connectivity index (χ2n) is 8.93. The highest BCUT2D eigenvalue weighted by Crippen LogP contribution is 2.36. The maximum atomic E-state index is 12.0. The fourth-order valence-corrected chi connectivity index (χ4v) is 4.78. The predicted octanol–water partition coefficient (Wildman–Crippen LogP) is 5.80. The summed E-state index contributed by atoms with van der Waals surface area (Å²) in [6, 6.07) is 19.3. The van der Waals surface area contributed by atoms with E-state index in [1.807, 2.05) is 42.5 Å². The molecule has 5 rings (SSSR count). The summed E-state index contributed by atoms with van der Waals surface area (Å²) in [7, 11) is 0. The molecule has 5 nitrogen and oxygen atoms in total. The Bertz CT molecular complexity index is 1130. The summed E-state index contributed by atoms with van der Waals surface area (Å²) < 4.78 is 5.94. The molecule has 0 unspecified atom stereocenters. The Kier molecular flexibility index (Phi) is 6.31. The number of aromatic hydroxyl groups is 1. The molecule has 0 bridgehead atoms. The molecule has 33 heavy (non-hydrogen) atoms. The number of ketones is 1. The highest BCUT2D eigenvalue weighted by Gasteiger charge is 2.20. The lowest BCUT2D eigenvalue weighted by Gasteiger charge is -2.26. The zero-order valence-corrected chi connectivity index (χ0v) is 18.8. The van der Waals surface area contributed by atoms with Gasteiger partial charge in [0.05, 0.1) is 5.69 Å². The molecule has 1 saturated heterocycles. The zero-order valence-electron chi connectivity index (χ0n) is 18.8. The summed E-state index contributed by atoms with van der Waals surface area (Å²) >= 11 is 0. The van der Waals surface area contributed by atoms with Crippen LogP contribution in [0.3, 0.4) is 0 Å². The Morgan fingerprint density at radius 1 is 0.879 bits per heavy atom. The number of carbonyl (C=O) groups is 1. The molecule has 170 valence electrons. The molecule has 0 aromatic heterocycles. The molecule has 2 N–H and O–H groups in total. The van der Waals surface area contributed by atoms with Gasteiger partial charge in [-0.25, -0.2) is 0 Å². The van der Waals surface area contributed by atoms with Crippen LogP contribution in [0, 0.1) is 0 Å². The number of anilines is 2. The van der Waals surface area contributed by atoms with E-state index in [1.54, 1.807) is 12.1 Å². The lowest BCUT2D eigenvalue weighted by atomic mass is 9.98. The van der Waals surface area contributed by atoms with Crippen LogP contribution in [0.2, 0.25) is 0 Å².